The van der Waals surface area contributed by atoms with Gasteiger partial charge in [0.05, 0.1) is 16.7 Å². The van der Waals surface area contributed by atoms with Crippen LogP contribution in [-0.4, -0.2) is 45.9 Å². The number of likely N-dealkylation sites (tertiary alicyclic amines) is 1. The van der Waals surface area contributed by atoms with Gasteiger partial charge in [-0.1, -0.05) is 37.1 Å². The Labute approximate surface area is 186 Å². The summed E-state index contributed by atoms with van der Waals surface area (Å²) >= 11 is 0. The van der Waals surface area contributed by atoms with Crippen molar-refractivity contribution in [3.63, 3.8) is 0 Å². The normalized spacial score (nSPS) is 19.5. The van der Waals surface area contributed by atoms with Crippen molar-refractivity contribution in [3.05, 3.63) is 60.2 Å². The van der Waals surface area contributed by atoms with Gasteiger partial charge in [-0.25, -0.2) is 9.37 Å². The number of hydrogen-bond acceptors (Lipinski definition) is 3. The first-order valence-electron chi connectivity index (χ1n) is 11.4. The van der Waals surface area contributed by atoms with Gasteiger partial charge in [-0.15, -0.1) is 0 Å². The van der Waals surface area contributed by atoms with Crippen LogP contribution in [0, 0.1) is 5.82 Å². The van der Waals surface area contributed by atoms with Gasteiger partial charge in [0.1, 0.15) is 18.2 Å². The highest BCUT2D eigenvalue weighted by Gasteiger charge is 2.36. The summed E-state index contributed by atoms with van der Waals surface area (Å²) in [5.41, 5.74) is 1.99. The molecule has 2 amide bonds. The molecule has 7 heteroatoms. The first-order chi connectivity index (χ1) is 15.6. The van der Waals surface area contributed by atoms with E-state index in [0.717, 1.165) is 42.8 Å². The second-order valence-corrected chi connectivity index (χ2v) is 8.70. The van der Waals surface area contributed by atoms with Crippen molar-refractivity contribution in [1.29, 1.82) is 0 Å². The van der Waals surface area contributed by atoms with Gasteiger partial charge >= 0.3 is 0 Å². The second-order valence-electron chi connectivity index (χ2n) is 8.70. The average Bonchev–Trinajstić information content (AvgIpc) is 3.22. The number of imidazole rings is 1. The molecule has 2 aliphatic rings. The Morgan fingerprint density at radius 3 is 2.50 bits per heavy atom. The zero-order chi connectivity index (χ0) is 22.1. The number of carbonyl (C=O) groups is 2. The van der Waals surface area contributed by atoms with Crippen molar-refractivity contribution >= 4 is 28.5 Å². The molecule has 32 heavy (non-hydrogen) atoms. The quantitative estimate of drug-likeness (QED) is 0.621. The van der Waals surface area contributed by atoms with Crippen LogP contribution in [0.15, 0.2) is 48.5 Å². The van der Waals surface area contributed by atoms with Crippen molar-refractivity contribution in [1.82, 2.24) is 14.5 Å². The number of anilines is 1. The molecule has 2 aromatic carbocycles. The lowest BCUT2D eigenvalue weighted by Gasteiger charge is -2.22. The van der Waals surface area contributed by atoms with Crippen molar-refractivity contribution < 1.29 is 14.0 Å². The number of amides is 2. The summed E-state index contributed by atoms with van der Waals surface area (Å²) in [6.45, 7) is 2.15. The summed E-state index contributed by atoms with van der Waals surface area (Å²) < 4.78 is 16.3. The molecule has 0 N–H and O–H groups in total. The van der Waals surface area contributed by atoms with Gasteiger partial charge < -0.3 is 14.4 Å². The Bertz CT molecular complexity index is 1150. The average molecular weight is 435 g/mol. The van der Waals surface area contributed by atoms with Crippen LogP contribution in [0.4, 0.5) is 10.1 Å². The van der Waals surface area contributed by atoms with Crippen molar-refractivity contribution in [2.45, 2.75) is 44.6 Å². The van der Waals surface area contributed by atoms with Crippen molar-refractivity contribution in [2.75, 3.05) is 24.5 Å². The smallest absolute Gasteiger partial charge is 0.242 e. The fraction of sp³-hybridized carbons (Fsp3) is 0.400. The number of fused-ring (bicyclic) bond motifs is 1. The molecular formula is C25H27FN4O2. The second kappa shape index (κ2) is 8.73. The van der Waals surface area contributed by atoms with Gasteiger partial charge in [-0.2, -0.15) is 0 Å². The first-order valence-corrected chi connectivity index (χ1v) is 11.4. The summed E-state index contributed by atoms with van der Waals surface area (Å²) in [5.74, 6) is 0.0727. The number of para-hydroxylation sites is 3. The van der Waals surface area contributed by atoms with Crippen LogP contribution in [0.2, 0.25) is 0 Å². The molecule has 0 spiro atoms. The highest BCUT2D eigenvalue weighted by molar-refractivity contribution is 5.96. The molecule has 2 fully saturated rings. The van der Waals surface area contributed by atoms with Gasteiger partial charge in [-0.3, -0.25) is 9.59 Å². The summed E-state index contributed by atoms with van der Waals surface area (Å²) in [5, 5.41) is 0. The summed E-state index contributed by atoms with van der Waals surface area (Å²) in [7, 11) is 0. The summed E-state index contributed by atoms with van der Waals surface area (Å²) in [6.07, 6.45) is 4.66. The number of carbonyl (C=O) groups excluding carboxylic acids is 2. The van der Waals surface area contributed by atoms with E-state index in [-0.39, 0.29) is 30.7 Å². The fourth-order valence-electron chi connectivity index (χ4n) is 4.91. The van der Waals surface area contributed by atoms with Crippen LogP contribution in [-0.2, 0) is 16.1 Å². The maximum atomic E-state index is 14.3. The molecule has 3 aromatic rings. The molecule has 6 nitrogen and oxygen atoms in total. The number of nitrogens with zero attached hydrogens (tertiary/aromatic N) is 4. The molecule has 0 bridgehead atoms. The maximum absolute atomic E-state index is 14.3. The highest BCUT2D eigenvalue weighted by atomic mass is 19.1. The molecule has 2 saturated heterocycles. The van der Waals surface area contributed by atoms with Crippen LogP contribution >= 0.6 is 0 Å². The minimum atomic E-state index is -0.411. The predicted octanol–water partition coefficient (Wildman–Crippen LogP) is 4.10. The Hall–Kier alpha value is -3.22. The number of benzene rings is 2. The molecule has 3 heterocycles. The summed E-state index contributed by atoms with van der Waals surface area (Å²) in [6, 6.07) is 14.1. The minimum Gasteiger partial charge on any atom is -0.341 e. The minimum absolute atomic E-state index is 0.0894. The molecule has 0 aliphatic carbocycles. The van der Waals surface area contributed by atoms with Gasteiger partial charge in [0.15, 0.2) is 0 Å². The largest absolute Gasteiger partial charge is 0.341 e. The van der Waals surface area contributed by atoms with Crippen LogP contribution in [0.25, 0.3) is 11.0 Å². The number of halogens is 1. The number of rotatable bonds is 4. The van der Waals surface area contributed by atoms with E-state index in [0.29, 0.717) is 12.2 Å². The van der Waals surface area contributed by atoms with Crippen molar-refractivity contribution in [3.8, 4) is 0 Å². The van der Waals surface area contributed by atoms with Crippen molar-refractivity contribution in [2.24, 2.45) is 0 Å². The summed E-state index contributed by atoms with van der Waals surface area (Å²) in [4.78, 5) is 34.2. The van der Waals surface area contributed by atoms with E-state index in [2.05, 4.69) is 0 Å². The molecule has 1 aromatic heterocycles. The molecule has 166 valence electrons. The lowest BCUT2D eigenvalue weighted by Crippen LogP contribution is -2.35. The van der Waals surface area contributed by atoms with Crippen LogP contribution in [0.1, 0.15) is 43.8 Å². The highest BCUT2D eigenvalue weighted by Crippen LogP contribution is 2.34. The third-order valence-electron chi connectivity index (χ3n) is 6.57. The lowest BCUT2D eigenvalue weighted by molar-refractivity contribution is -0.131. The first kappa shape index (κ1) is 20.7. The number of aromatic nitrogens is 2. The van der Waals surface area contributed by atoms with Crippen LogP contribution in [0.5, 0.6) is 0 Å². The topological polar surface area (TPSA) is 58.4 Å². The Balaban J connectivity index is 1.46. The van der Waals surface area contributed by atoms with Gasteiger partial charge in [0, 0.05) is 32.0 Å². The molecular weight excluding hydrogens is 407 g/mol. The predicted molar refractivity (Wildman–Crippen MR) is 121 cm³/mol. The van der Waals surface area contributed by atoms with E-state index in [1.807, 2.05) is 33.7 Å². The van der Waals surface area contributed by atoms with Gasteiger partial charge in [-0.05, 0) is 37.1 Å². The van der Waals surface area contributed by atoms with Crippen LogP contribution < -0.4 is 4.90 Å². The van der Waals surface area contributed by atoms with E-state index in [9.17, 15) is 14.0 Å². The molecule has 0 saturated carbocycles. The standard InChI is InChI=1S/C25H27FN4O2/c26-19-9-3-5-11-21(19)29-16-18(15-23(29)31)25-27-20-10-4-6-12-22(20)30(25)17-24(32)28-13-7-1-2-8-14-28/h3-6,9-12,18H,1-2,7-8,13-17H2. The Morgan fingerprint density at radius 2 is 1.72 bits per heavy atom. The Kier molecular flexibility index (Phi) is 5.64. The molecule has 1 unspecified atom stereocenters. The fourth-order valence-corrected chi connectivity index (χ4v) is 4.91. The number of hydrogen-bond donors (Lipinski definition) is 0. The van der Waals surface area contributed by atoms with E-state index < -0.39 is 5.82 Å². The Morgan fingerprint density at radius 1 is 1.00 bits per heavy atom. The maximum Gasteiger partial charge on any atom is 0.242 e. The van der Waals surface area contributed by atoms with E-state index in [1.54, 1.807) is 18.2 Å². The monoisotopic (exact) mass is 434 g/mol. The van der Waals surface area contributed by atoms with E-state index in [1.165, 1.54) is 23.8 Å². The third kappa shape index (κ3) is 3.87. The molecule has 1 atom stereocenters. The molecule has 0 radical (unpaired) electrons. The zero-order valence-corrected chi connectivity index (χ0v) is 18.0. The SMILES string of the molecule is O=C(Cn1c(C2CC(=O)N(c3ccccc3F)C2)nc2ccccc21)N1CCCCCC1. The van der Waals surface area contributed by atoms with Gasteiger partial charge in [0.2, 0.25) is 11.8 Å². The molecule has 5 rings (SSSR count). The molecule has 2 aliphatic heterocycles. The van der Waals surface area contributed by atoms with E-state index >= 15 is 0 Å². The lowest BCUT2D eigenvalue weighted by atomic mass is 10.1. The zero-order valence-electron chi connectivity index (χ0n) is 18.0. The van der Waals surface area contributed by atoms with Crippen LogP contribution in [0.3, 0.4) is 0 Å². The van der Waals surface area contributed by atoms with E-state index in [4.69, 9.17) is 4.98 Å². The van der Waals surface area contributed by atoms with Gasteiger partial charge in [0.25, 0.3) is 0 Å². The third-order valence-corrected chi connectivity index (χ3v) is 6.57.